The Hall–Kier alpha value is -1.43. The van der Waals surface area contributed by atoms with E-state index in [0.29, 0.717) is 4.90 Å². The fourth-order valence-corrected chi connectivity index (χ4v) is 5.51. The number of hydrogen-bond donors (Lipinski definition) is 1. The van der Waals surface area contributed by atoms with Gasteiger partial charge in [0.25, 0.3) is 0 Å². The van der Waals surface area contributed by atoms with Gasteiger partial charge in [-0.3, -0.25) is 4.18 Å². The summed E-state index contributed by atoms with van der Waals surface area (Å²) >= 11 is 0. The fraction of sp³-hybridized carbons (Fsp3) is 0.633. The molecule has 0 aliphatic carbocycles. The van der Waals surface area contributed by atoms with Crippen molar-refractivity contribution < 1.29 is 17.9 Å². The first-order valence-corrected chi connectivity index (χ1v) is 15.5. The Morgan fingerprint density at radius 1 is 0.743 bits per heavy atom. The topological polar surface area (TPSA) is 60.0 Å². The average Bonchev–Trinajstić information content (AvgIpc) is 2.86. The molecule has 0 amide bonds. The third-order valence-corrected chi connectivity index (χ3v) is 7.61. The van der Waals surface area contributed by atoms with Crippen LogP contribution in [0.2, 0.25) is 0 Å². The number of nitrogens with two attached hydrogens (primary N) is 1. The largest absolute Gasteiger partial charge is 0.343 e. The first-order chi connectivity index (χ1) is 17.0. The van der Waals surface area contributed by atoms with E-state index >= 15 is 0 Å². The zero-order chi connectivity index (χ0) is 25.8. The SMILES string of the molecule is CCCCCCCCCOS(=O)(=O)c1c([NH2+]CC)ccc2ccccc12.[CH2-]CCCCCCCC. The van der Waals surface area contributed by atoms with Crippen LogP contribution in [0.5, 0.6) is 0 Å². The number of hydrogen-bond acceptors (Lipinski definition) is 3. The van der Waals surface area contributed by atoms with Gasteiger partial charge in [0.2, 0.25) is 0 Å². The lowest BCUT2D eigenvalue weighted by molar-refractivity contribution is -0.570. The van der Waals surface area contributed by atoms with Crippen molar-refractivity contribution in [3.63, 3.8) is 0 Å². The smallest absolute Gasteiger partial charge is 0.303 e. The molecule has 0 atom stereocenters. The molecule has 0 spiro atoms. The van der Waals surface area contributed by atoms with Gasteiger partial charge < -0.3 is 12.2 Å². The number of fused-ring (bicyclic) bond motifs is 1. The molecule has 2 rings (SSSR count). The van der Waals surface area contributed by atoms with E-state index < -0.39 is 10.1 Å². The van der Waals surface area contributed by atoms with E-state index in [1.54, 1.807) is 0 Å². The highest BCUT2D eigenvalue weighted by atomic mass is 32.2. The minimum atomic E-state index is -3.77. The molecule has 35 heavy (non-hydrogen) atoms. The molecule has 2 aromatic rings. The van der Waals surface area contributed by atoms with E-state index in [4.69, 9.17) is 4.18 Å². The predicted molar refractivity (Wildman–Crippen MR) is 151 cm³/mol. The molecule has 0 saturated carbocycles. The molecule has 0 fully saturated rings. The summed E-state index contributed by atoms with van der Waals surface area (Å²) in [6.07, 6.45) is 17.4. The van der Waals surface area contributed by atoms with Crippen LogP contribution in [0.25, 0.3) is 10.8 Å². The Morgan fingerprint density at radius 2 is 1.31 bits per heavy atom. The second-order valence-corrected chi connectivity index (χ2v) is 10.9. The van der Waals surface area contributed by atoms with E-state index in [1.165, 1.54) is 64.2 Å². The van der Waals surface area contributed by atoms with Crippen LogP contribution < -0.4 is 5.32 Å². The fourth-order valence-electron chi connectivity index (χ4n) is 4.16. The molecular weight excluding hydrogens is 454 g/mol. The number of benzene rings is 2. The summed E-state index contributed by atoms with van der Waals surface area (Å²) in [6, 6.07) is 11.4. The van der Waals surface area contributed by atoms with Gasteiger partial charge >= 0.3 is 10.1 Å². The van der Waals surface area contributed by atoms with Gasteiger partial charge in [-0.1, -0.05) is 115 Å². The maximum Gasteiger partial charge on any atom is 0.303 e. The average molecular weight is 506 g/mol. The molecule has 2 aromatic carbocycles. The Kier molecular flexibility index (Phi) is 17.8. The molecule has 4 nitrogen and oxygen atoms in total. The Balaban J connectivity index is 0.000000579. The molecule has 200 valence electrons. The molecule has 0 aliphatic rings. The van der Waals surface area contributed by atoms with Crippen molar-refractivity contribution in [1.29, 1.82) is 0 Å². The standard InChI is InChI=1S/C21H31NO3S.C9H19/c1-3-5-6-7-8-9-12-17-25-26(23,24)21-19-14-11-10-13-18(19)15-16-20(21)22-4-2;1-3-5-7-9-8-6-4-2/h10-11,13-16,22H,3-9,12,17H2,1-2H3;1,3-9H2,2H3/q;-1/p+1. The lowest BCUT2D eigenvalue weighted by Gasteiger charge is -2.12. The van der Waals surface area contributed by atoms with Crippen LogP contribution in [-0.4, -0.2) is 21.6 Å². The molecular formula is C30H51NO3S. The van der Waals surface area contributed by atoms with Gasteiger partial charge in [0.1, 0.15) is 0 Å². The molecule has 5 heteroatoms. The molecule has 0 aliphatic heterocycles. The molecule has 0 aromatic heterocycles. The summed E-state index contributed by atoms with van der Waals surface area (Å²) in [7, 11) is -3.77. The molecule has 0 bridgehead atoms. The lowest BCUT2D eigenvalue weighted by atomic mass is 10.1. The number of quaternary nitrogens is 1. The lowest BCUT2D eigenvalue weighted by Crippen LogP contribution is -2.77. The zero-order valence-corrected chi connectivity index (χ0v) is 23.5. The predicted octanol–water partition coefficient (Wildman–Crippen LogP) is 8.08. The van der Waals surface area contributed by atoms with Crippen molar-refractivity contribution in [3.05, 3.63) is 43.3 Å². The van der Waals surface area contributed by atoms with Crippen LogP contribution >= 0.6 is 0 Å². The van der Waals surface area contributed by atoms with Gasteiger partial charge in [-0.25, -0.2) is 0 Å². The van der Waals surface area contributed by atoms with Crippen LogP contribution in [-0.2, 0) is 14.3 Å². The summed E-state index contributed by atoms with van der Waals surface area (Å²) < 4.78 is 31.1. The van der Waals surface area contributed by atoms with Gasteiger partial charge in [-0.05, 0) is 24.8 Å². The van der Waals surface area contributed by atoms with Gasteiger partial charge in [0.05, 0.1) is 13.2 Å². The molecule has 0 unspecified atom stereocenters. The minimum Gasteiger partial charge on any atom is -0.343 e. The van der Waals surface area contributed by atoms with E-state index in [2.05, 4.69) is 20.8 Å². The molecule has 2 N–H and O–H groups in total. The quantitative estimate of drug-likeness (QED) is 0.0964. The highest BCUT2D eigenvalue weighted by Crippen LogP contribution is 2.29. The maximum absolute atomic E-state index is 12.9. The van der Waals surface area contributed by atoms with Gasteiger partial charge in [0, 0.05) is 11.5 Å². The van der Waals surface area contributed by atoms with E-state index in [-0.39, 0.29) is 6.61 Å². The summed E-state index contributed by atoms with van der Waals surface area (Å²) in [5.41, 5.74) is 0.728. The number of unbranched alkanes of at least 4 members (excludes halogenated alkanes) is 12. The van der Waals surface area contributed by atoms with Crippen LogP contribution in [0, 0.1) is 6.92 Å². The summed E-state index contributed by atoms with van der Waals surface area (Å²) in [6.45, 7) is 11.3. The highest BCUT2D eigenvalue weighted by molar-refractivity contribution is 7.87. The van der Waals surface area contributed by atoms with Gasteiger partial charge in [-0.2, -0.15) is 14.8 Å². The van der Waals surface area contributed by atoms with Crippen molar-refractivity contribution >= 4 is 26.6 Å². The van der Waals surface area contributed by atoms with E-state index in [0.717, 1.165) is 48.7 Å². The normalized spacial score (nSPS) is 11.4. The van der Waals surface area contributed by atoms with Crippen LogP contribution in [0.1, 0.15) is 111 Å². The monoisotopic (exact) mass is 505 g/mol. The number of rotatable bonds is 18. The second kappa shape index (κ2) is 19.7. The van der Waals surface area contributed by atoms with Crippen LogP contribution in [0.15, 0.2) is 41.3 Å². The Morgan fingerprint density at radius 3 is 1.91 bits per heavy atom. The first-order valence-electron chi connectivity index (χ1n) is 14.0. The Labute approximate surface area is 216 Å². The van der Waals surface area contributed by atoms with E-state index in [1.807, 2.05) is 48.6 Å². The highest BCUT2D eigenvalue weighted by Gasteiger charge is 2.25. The third-order valence-electron chi connectivity index (χ3n) is 6.17. The second-order valence-electron chi connectivity index (χ2n) is 9.34. The van der Waals surface area contributed by atoms with Gasteiger partial charge in [0.15, 0.2) is 10.6 Å². The van der Waals surface area contributed by atoms with Crippen molar-refractivity contribution in [3.8, 4) is 0 Å². The van der Waals surface area contributed by atoms with Crippen molar-refractivity contribution in [2.45, 2.75) is 116 Å². The van der Waals surface area contributed by atoms with Crippen molar-refractivity contribution in [1.82, 2.24) is 0 Å². The van der Waals surface area contributed by atoms with Crippen molar-refractivity contribution in [2.24, 2.45) is 0 Å². The van der Waals surface area contributed by atoms with Crippen LogP contribution in [0.4, 0.5) is 5.69 Å². The van der Waals surface area contributed by atoms with E-state index in [9.17, 15) is 8.42 Å². The van der Waals surface area contributed by atoms with Crippen molar-refractivity contribution in [2.75, 3.05) is 13.2 Å². The molecule has 0 saturated heterocycles. The third kappa shape index (κ3) is 12.9. The van der Waals surface area contributed by atoms with Crippen LogP contribution in [0.3, 0.4) is 0 Å². The summed E-state index contributed by atoms with van der Waals surface area (Å²) in [4.78, 5) is 0.306. The van der Waals surface area contributed by atoms with Gasteiger partial charge in [-0.15, -0.1) is 0 Å². The minimum absolute atomic E-state index is 0.255. The first kappa shape index (κ1) is 31.6. The Bertz CT molecular complexity index is 890. The summed E-state index contributed by atoms with van der Waals surface area (Å²) in [5.74, 6) is 0. The summed E-state index contributed by atoms with van der Waals surface area (Å²) in [5, 5.41) is 3.59. The zero-order valence-electron chi connectivity index (χ0n) is 22.7. The molecule has 0 heterocycles. The maximum atomic E-state index is 12.9. The molecule has 0 radical (unpaired) electrons.